The van der Waals surface area contributed by atoms with Gasteiger partial charge in [0, 0.05) is 19.6 Å². The highest BCUT2D eigenvalue weighted by atomic mass is 16.5. The highest BCUT2D eigenvalue weighted by molar-refractivity contribution is 5.39. The third kappa shape index (κ3) is 5.56. The van der Waals surface area contributed by atoms with Gasteiger partial charge >= 0.3 is 0 Å². The first-order valence-corrected chi connectivity index (χ1v) is 7.98. The Kier molecular flexibility index (Phi) is 6.83. The zero-order valence-corrected chi connectivity index (χ0v) is 13.2. The van der Waals surface area contributed by atoms with Gasteiger partial charge in [0.25, 0.3) is 0 Å². The van der Waals surface area contributed by atoms with E-state index < -0.39 is 0 Å². The van der Waals surface area contributed by atoms with Gasteiger partial charge in [0.1, 0.15) is 0 Å². The quantitative estimate of drug-likeness (QED) is 0.690. The van der Waals surface area contributed by atoms with Crippen molar-refractivity contribution in [2.24, 2.45) is 0 Å². The molecule has 0 radical (unpaired) electrons. The predicted molar refractivity (Wildman–Crippen MR) is 84.2 cm³/mol. The molecule has 1 heterocycles. The number of rotatable bonds is 8. The van der Waals surface area contributed by atoms with Gasteiger partial charge in [-0.3, -0.25) is 4.90 Å². The summed E-state index contributed by atoms with van der Waals surface area (Å²) in [5, 5.41) is 0. The summed E-state index contributed by atoms with van der Waals surface area (Å²) in [6.07, 6.45) is 2.23. The second-order valence-electron chi connectivity index (χ2n) is 5.44. The zero-order chi connectivity index (χ0) is 14.9. The Labute approximate surface area is 128 Å². The minimum absolute atomic E-state index is 0.211. The van der Waals surface area contributed by atoms with E-state index in [0.717, 1.165) is 63.8 Å². The molecule has 0 aromatic heterocycles. The Morgan fingerprint density at radius 2 is 1.90 bits per heavy atom. The molecule has 1 atom stereocenters. The first-order valence-electron chi connectivity index (χ1n) is 7.98. The van der Waals surface area contributed by atoms with E-state index in [-0.39, 0.29) is 6.10 Å². The third-order valence-electron chi connectivity index (χ3n) is 3.73. The maximum Gasteiger partial charge on any atom is 0.161 e. The number of benzene rings is 1. The van der Waals surface area contributed by atoms with Gasteiger partial charge in [0.2, 0.25) is 0 Å². The smallest absolute Gasteiger partial charge is 0.161 e. The predicted octanol–water partition coefficient (Wildman–Crippen LogP) is 2.97. The maximum atomic E-state index is 5.89. The zero-order valence-electron chi connectivity index (χ0n) is 13.2. The molecule has 118 valence electrons. The molecule has 0 aliphatic carbocycles. The first-order chi connectivity index (χ1) is 10.3. The van der Waals surface area contributed by atoms with E-state index in [9.17, 15) is 0 Å². The molecule has 1 aromatic rings. The minimum Gasteiger partial charge on any atom is -0.490 e. The van der Waals surface area contributed by atoms with Crippen molar-refractivity contribution >= 4 is 0 Å². The SMILES string of the molecule is CC[C@H](C)Oc1ccccc1OCCCN1CCOCC1. The summed E-state index contributed by atoms with van der Waals surface area (Å²) in [6, 6.07) is 7.93. The van der Waals surface area contributed by atoms with Crippen LogP contribution in [0.5, 0.6) is 11.5 Å². The average molecular weight is 293 g/mol. The van der Waals surface area contributed by atoms with Crippen molar-refractivity contribution in [2.75, 3.05) is 39.5 Å². The lowest BCUT2D eigenvalue weighted by molar-refractivity contribution is 0.0357. The van der Waals surface area contributed by atoms with Crippen LogP contribution in [0.2, 0.25) is 0 Å². The normalized spacial score (nSPS) is 17.4. The van der Waals surface area contributed by atoms with Crippen LogP contribution in [0.15, 0.2) is 24.3 Å². The fourth-order valence-electron chi connectivity index (χ4n) is 2.26. The molecule has 1 aliphatic rings. The van der Waals surface area contributed by atoms with Crippen LogP contribution in [-0.4, -0.2) is 50.5 Å². The lowest BCUT2D eigenvalue weighted by Crippen LogP contribution is -2.37. The summed E-state index contributed by atoms with van der Waals surface area (Å²) in [7, 11) is 0. The molecule has 1 fully saturated rings. The van der Waals surface area contributed by atoms with Crippen molar-refractivity contribution in [1.82, 2.24) is 4.90 Å². The van der Waals surface area contributed by atoms with Crippen molar-refractivity contribution in [2.45, 2.75) is 32.8 Å². The summed E-state index contributed by atoms with van der Waals surface area (Å²) in [5.74, 6) is 1.69. The summed E-state index contributed by atoms with van der Waals surface area (Å²) < 4.78 is 17.1. The Hall–Kier alpha value is -1.26. The van der Waals surface area contributed by atoms with E-state index in [1.54, 1.807) is 0 Å². The topological polar surface area (TPSA) is 30.9 Å². The lowest BCUT2D eigenvalue weighted by atomic mass is 10.3. The van der Waals surface area contributed by atoms with E-state index in [1.165, 1.54) is 0 Å². The van der Waals surface area contributed by atoms with Gasteiger partial charge < -0.3 is 14.2 Å². The maximum absolute atomic E-state index is 5.89. The summed E-state index contributed by atoms with van der Waals surface area (Å²) in [5.41, 5.74) is 0. The number of para-hydroxylation sites is 2. The molecule has 1 aliphatic heterocycles. The van der Waals surface area contributed by atoms with Crippen LogP contribution in [-0.2, 0) is 4.74 Å². The molecule has 0 unspecified atom stereocenters. The second-order valence-corrected chi connectivity index (χ2v) is 5.44. The Morgan fingerprint density at radius 1 is 1.19 bits per heavy atom. The van der Waals surface area contributed by atoms with E-state index in [0.29, 0.717) is 0 Å². The van der Waals surface area contributed by atoms with Crippen LogP contribution in [0.1, 0.15) is 26.7 Å². The van der Waals surface area contributed by atoms with Crippen molar-refractivity contribution in [3.05, 3.63) is 24.3 Å². The molecule has 0 amide bonds. The summed E-state index contributed by atoms with van der Waals surface area (Å²) >= 11 is 0. The molecule has 2 rings (SSSR count). The van der Waals surface area contributed by atoms with E-state index >= 15 is 0 Å². The molecule has 21 heavy (non-hydrogen) atoms. The van der Waals surface area contributed by atoms with Gasteiger partial charge in [0.05, 0.1) is 25.9 Å². The van der Waals surface area contributed by atoms with Gasteiger partial charge in [-0.2, -0.15) is 0 Å². The molecule has 4 heteroatoms. The van der Waals surface area contributed by atoms with Gasteiger partial charge in [-0.1, -0.05) is 19.1 Å². The average Bonchev–Trinajstić information content (AvgIpc) is 2.54. The largest absolute Gasteiger partial charge is 0.490 e. The van der Waals surface area contributed by atoms with Crippen LogP contribution in [0.25, 0.3) is 0 Å². The van der Waals surface area contributed by atoms with E-state index in [1.807, 2.05) is 24.3 Å². The third-order valence-corrected chi connectivity index (χ3v) is 3.73. The summed E-state index contributed by atoms with van der Waals surface area (Å²) in [6.45, 7) is 9.77. The molecular formula is C17H27NO3. The highest BCUT2D eigenvalue weighted by Gasteiger charge is 2.10. The van der Waals surface area contributed by atoms with Crippen LogP contribution in [0.4, 0.5) is 0 Å². The van der Waals surface area contributed by atoms with E-state index in [4.69, 9.17) is 14.2 Å². The number of ether oxygens (including phenoxy) is 3. The second kappa shape index (κ2) is 8.90. The van der Waals surface area contributed by atoms with E-state index in [2.05, 4.69) is 18.7 Å². The monoisotopic (exact) mass is 293 g/mol. The fraction of sp³-hybridized carbons (Fsp3) is 0.647. The van der Waals surface area contributed by atoms with Crippen molar-refractivity contribution in [3.8, 4) is 11.5 Å². The fourth-order valence-corrected chi connectivity index (χ4v) is 2.26. The molecule has 1 aromatic carbocycles. The van der Waals surface area contributed by atoms with Crippen molar-refractivity contribution < 1.29 is 14.2 Å². The first kappa shape index (κ1) is 16.1. The molecule has 0 saturated carbocycles. The van der Waals surface area contributed by atoms with Crippen molar-refractivity contribution in [3.63, 3.8) is 0 Å². The van der Waals surface area contributed by atoms with Gasteiger partial charge in [-0.15, -0.1) is 0 Å². The number of hydrogen-bond donors (Lipinski definition) is 0. The Balaban J connectivity index is 1.74. The molecule has 0 N–H and O–H groups in total. The van der Waals surface area contributed by atoms with Gasteiger partial charge in [-0.25, -0.2) is 0 Å². The van der Waals surface area contributed by atoms with Gasteiger partial charge in [0.15, 0.2) is 11.5 Å². The van der Waals surface area contributed by atoms with Crippen LogP contribution >= 0.6 is 0 Å². The molecule has 1 saturated heterocycles. The Bertz CT molecular complexity index is 405. The lowest BCUT2D eigenvalue weighted by Gasteiger charge is -2.26. The van der Waals surface area contributed by atoms with Crippen LogP contribution in [0.3, 0.4) is 0 Å². The summed E-state index contributed by atoms with van der Waals surface area (Å²) in [4.78, 5) is 2.43. The Morgan fingerprint density at radius 3 is 2.62 bits per heavy atom. The van der Waals surface area contributed by atoms with Gasteiger partial charge in [-0.05, 0) is 31.9 Å². The number of nitrogens with zero attached hydrogens (tertiary/aromatic N) is 1. The molecule has 0 bridgehead atoms. The molecule has 4 nitrogen and oxygen atoms in total. The molecular weight excluding hydrogens is 266 g/mol. The number of hydrogen-bond acceptors (Lipinski definition) is 4. The highest BCUT2D eigenvalue weighted by Crippen LogP contribution is 2.27. The van der Waals surface area contributed by atoms with Crippen LogP contribution < -0.4 is 9.47 Å². The standard InChI is InChI=1S/C17H27NO3/c1-3-15(2)21-17-8-5-4-7-16(17)20-12-6-9-18-10-13-19-14-11-18/h4-5,7-8,15H,3,6,9-14H2,1-2H3/t15-/m0/s1. The molecule has 0 spiro atoms. The van der Waals surface area contributed by atoms with Crippen molar-refractivity contribution in [1.29, 1.82) is 0 Å². The van der Waals surface area contributed by atoms with Crippen LogP contribution in [0, 0.1) is 0 Å². The minimum atomic E-state index is 0.211. The number of morpholine rings is 1.